The number of thiophene rings is 1. The van der Waals surface area contributed by atoms with E-state index in [-0.39, 0.29) is 5.02 Å². The molecule has 0 aliphatic carbocycles. The lowest BCUT2D eigenvalue weighted by Crippen LogP contribution is -1.97. The van der Waals surface area contributed by atoms with E-state index in [4.69, 9.17) is 11.6 Å². The molecule has 0 aliphatic heterocycles. The fourth-order valence-corrected chi connectivity index (χ4v) is 2.05. The van der Waals surface area contributed by atoms with Gasteiger partial charge in [-0.3, -0.25) is 0 Å². The quantitative estimate of drug-likeness (QED) is 0.851. The molecular weight excluding hydrogens is 233 g/mol. The molecule has 2 aromatic rings. The molecule has 0 saturated carbocycles. The number of anilines is 1. The van der Waals surface area contributed by atoms with Gasteiger partial charge in [-0.15, -0.1) is 0 Å². The highest BCUT2D eigenvalue weighted by Gasteiger charge is 2.00. The third kappa shape index (κ3) is 2.70. The number of nitrogens with one attached hydrogen (secondary N) is 1. The second kappa shape index (κ2) is 4.64. The van der Waals surface area contributed by atoms with Crippen LogP contribution >= 0.6 is 22.9 Å². The Bertz CT molecular complexity index is 442. The number of rotatable bonds is 3. The summed E-state index contributed by atoms with van der Waals surface area (Å²) in [4.78, 5) is 0. The first-order valence-corrected chi connectivity index (χ1v) is 5.78. The van der Waals surface area contributed by atoms with Crippen LogP contribution in [-0.4, -0.2) is 0 Å². The van der Waals surface area contributed by atoms with Gasteiger partial charge in [0.15, 0.2) is 0 Å². The number of hydrogen-bond donors (Lipinski definition) is 1. The second-order valence-corrected chi connectivity index (χ2v) is 4.30. The van der Waals surface area contributed by atoms with E-state index in [1.165, 1.54) is 11.6 Å². The summed E-state index contributed by atoms with van der Waals surface area (Å²) in [5, 5.41) is 7.40. The van der Waals surface area contributed by atoms with Gasteiger partial charge in [-0.2, -0.15) is 11.3 Å². The minimum atomic E-state index is -0.391. The van der Waals surface area contributed by atoms with Crippen LogP contribution in [0, 0.1) is 5.82 Å². The lowest BCUT2D eigenvalue weighted by Gasteiger charge is -2.05. The van der Waals surface area contributed by atoms with Gasteiger partial charge in [0.05, 0.1) is 5.02 Å². The van der Waals surface area contributed by atoms with E-state index in [0.717, 1.165) is 12.2 Å². The number of benzene rings is 1. The lowest BCUT2D eigenvalue weighted by atomic mass is 10.3. The summed E-state index contributed by atoms with van der Waals surface area (Å²) in [5.74, 6) is -0.391. The summed E-state index contributed by atoms with van der Waals surface area (Å²) in [5.41, 5.74) is 2.04. The molecule has 2 rings (SSSR count). The van der Waals surface area contributed by atoms with Gasteiger partial charge in [0.2, 0.25) is 0 Å². The Morgan fingerprint density at radius 3 is 2.87 bits per heavy atom. The molecule has 1 aromatic carbocycles. The first-order valence-electron chi connectivity index (χ1n) is 4.46. The smallest absolute Gasteiger partial charge is 0.141 e. The molecule has 1 N–H and O–H groups in total. The van der Waals surface area contributed by atoms with E-state index in [2.05, 4.69) is 10.7 Å². The van der Waals surface area contributed by atoms with Gasteiger partial charge >= 0.3 is 0 Å². The van der Waals surface area contributed by atoms with Gasteiger partial charge in [-0.1, -0.05) is 11.6 Å². The number of halogens is 2. The van der Waals surface area contributed by atoms with Gasteiger partial charge < -0.3 is 5.32 Å². The lowest BCUT2D eigenvalue weighted by molar-refractivity contribution is 0.628. The van der Waals surface area contributed by atoms with E-state index in [1.807, 2.05) is 11.4 Å². The van der Waals surface area contributed by atoms with Crippen molar-refractivity contribution < 1.29 is 4.39 Å². The summed E-state index contributed by atoms with van der Waals surface area (Å²) < 4.78 is 12.9. The molecule has 15 heavy (non-hydrogen) atoms. The van der Waals surface area contributed by atoms with Crippen molar-refractivity contribution in [1.29, 1.82) is 0 Å². The molecule has 0 atom stereocenters. The van der Waals surface area contributed by atoms with Crippen LogP contribution in [0.15, 0.2) is 35.0 Å². The van der Waals surface area contributed by atoms with Gasteiger partial charge in [-0.05, 0) is 40.6 Å². The van der Waals surface area contributed by atoms with E-state index >= 15 is 0 Å². The summed E-state index contributed by atoms with van der Waals surface area (Å²) in [7, 11) is 0. The molecule has 1 heterocycles. The minimum Gasteiger partial charge on any atom is -0.381 e. The predicted octanol–water partition coefficient (Wildman–Crippen LogP) is 4.15. The fraction of sp³-hybridized carbons (Fsp3) is 0.0909. The first kappa shape index (κ1) is 10.5. The molecular formula is C11H9ClFNS. The Balaban J connectivity index is 2.02. The first-order chi connectivity index (χ1) is 7.25. The van der Waals surface area contributed by atoms with Crippen molar-refractivity contribution in [3.63, 3.8) is 0 Å². The maximum Gasteiger partial charge on any atom is 0.141 e. The Hall–Kier alpha value is -1.06. The summed E-state index contributed by atoms with van der Waals surface area (Å²) >= 11 is 7.32. The van der Waals surface area contributed by atoms with E-state index in [0.29, 0.717) is 0 Å². The summed E-state index contributed by atoms with van der Waals surface area (Å²) in [6.07, 6.45) is 0. The zero-order valence-electron chi connectivity index (χ0n) is 7.84. The molecule has 0 spiro atoms. The second-order valence-electron chi connectivity index (χ2n) is 3.11. The normalized spacial score (nSPS) is 10.3. The molecule has 0 amide bonds. The molecule has 0 aliphatic rings. The highest BCUT2D eigenvalue weighted by molar-refractivity contribution is 7.07. The molecule has 4 heteroatoms. The molecule has 0 radical (unpaired) electrons. The van der Waals surface area contributed by atoms with Crippen molar-refractivity contribution >= 4 is 28.6 Å². The minimum absolute atomic E-state index is 0.144. The van der Waals surface area contributed by atoms with Crippen LogP contribution in [-0.2, 0) is 6.54 Å². The third-order valence-electron chi connectivity index (χ3n) is 2.00. The topological polar surface area (TPSA) is 12.0 Å². The SMILES string of the molecule is Fc1ccc(NCc2ccsc2)cc1Cl. The molecule has 78 valence electrons. The van der Waals surface area contributed by atoms with Crippen molar-refractivity contribution in [2.75, 3.05) is 5.32 Å². The summed E-state index contributed by atoms with van der Waals surface area (Å²) in [6.45, 7) is 0.728. The maximum atomic E-state index is 12.9. The molecule has 1 nitrogen and oxygen atoms in total. The van der Waals surface area contributed by atoms with E-state index in [9.17, 15) is 4.39 Å². The van der Waals surface area contributed by atoms with Gasteiger partial charge in [0.1, 0.15) is 5.82 Å². The zero-order valence-corrected chi connectivity index (χ0v) is 9.41. The zero-order chi connectivity index (χ0) is 10.7. The van der Waals surface area contributed by atoms with Gasteiger partial charge in [-0.25, -0.2) is 4.39 Å². The third-order valence-corrected chi connectivity index (χ3v) is 3.02. The molecule has 0 unspecified atom stereocenters. The van der Waals surface area contributed by atoms with Gasteiger partial charge in [0.25, 0.3) is 0 Å². The van der Waals surface area contributed by atoms with E-state index in [1.54, 1.807) is 23.5 Å². The molecule has 1 aromatic heterocycles. The summed E-state index contributed by atoms with van der Waals surface area (Å²) in [6, 6.07) is 6.66. The van der Waals surface area contributed by atoms with Crippen LogP contribution in [0.5, 0.6) is 0 Å². The van der Waals surface area contributed by atoms with Crippen LogP contribution in [0.1, 0.15) is 5.56 Å². The predicted molar refractivity (Wildman–Crippen MR) is 63.1 cm³/mol. The average Bonchev–Trinajstić information content (AvgIpc) is 2.73. The van der Waals surface area contributed by atoms with Gasteiger partial charge in [0, 0.05) is 12.2 Å². The van der Waals surface area contributed by atoms with Crippen LogP contribution in [0.4, 0.5) is 10.1 Å². The van der Waals surface area contributed by atoms with Crippen molar-refractivity contribution in [2.45, 2.75) is 6.54 Å². The van der Waals surface area contributed by atoms with Crippen LogP contribution < -0.4 is 5.32 Å². The fourth-order valence-electron chi connectivity index (χ4n) is 1.20. The average molecular weight is 242 g/mol. The van der Waals surface area contributed by atoms with Crippen molar-refractivity contribution in [2.24, 2.45) is 0 Å². The highest BCUT2D eigenvalue weighted by Crippen LogP contribution is 2.20. The largest absolute Gasteiger partial charge is 0.381 e. The molecule has 0 bridgehead atoms. The standard InChI is InChI=1S/C11H9ClFNS/c12-10-5-9(1-2-11(10)13)14-6-8-3-4-15-7-8/h1-5,7,14H,6H2. The Morgan fingerprint density at radius 1 is 1.33 bits per heavy atom. The van der Waals surface area contributed by atoms with Crippen LogP contribution in [0.25, 0.3) is 0 Å². The monoisotopic (exact) mass is 241 g/mol. The van der Waals surface area contributed by atoms with Crippen LogP contribution in [0.3, 0.4) is 0 Å². The van der Waals surface area contributed by atoms with Crippen molar-refractivity contribution in [3.8, 4) is 0 Å². The highest BCUT2D eigenvalue weighted by atomic mass is 35.5. The Morgan fingerprint density at radius 2 is 2.20 bits per heavy atom. The molecule has 0 saturated heterocycles. The van der Waals surface area contributed by atoms with Crippen molar-refractivity contribution in [3.05, 3.63) is 51.4 Å². The molecule has 0 fully saturated rings. The van der Waals surface area contributed by atoms with E-state index < -0.39 is 5.82 Å². The van der Waals surface area contributed by atoms with Crippen molar-refractivity contribution in [1.82, 2.24) is 0 Å². The number of hydrogen-bond acceptors (Lipinski definition) is 2. The maximum absolute atomic E-state index is 12.9. The Kier molecular flexibility index (Phi) is 3.23. The Labute approximate surface area is 96.5 Å². The van der Waals surface area contributed by atoms with Crippen LogP contribution in [0.2, 0.25) is 5.02 Å².